The fourth-order valence-electron chi connectivity index (χ4n) is 2.39. The van der Waals surface area contributed by atoms with Gasteiger partial charge in [-0.05, 0) is 31.5 Å². The molecule has 1 aromatic carbocycles. The Morgan fingerprint density at radius 3 is 2.57 bits per heavy atom. The van der Waals surface area contributed by atoms with Gasteiger partial charge in [-0.3, -0.25) is 5.10 Å². The number of aryl methyl sites for hydroxylation is 2. The third kappa shape index (κ3) is 2.86. The highest BCUT2D eigenvalue weighted by atomic mass is 35.5. The van der Waals surface area contributed by atoms with Crippen molar-refractivity contribution in [1.82, 2.24) is 25.0 Å². The van der Waals surface area contributed by atoms with Crippen LogP contribution in [0.2, 0.25) is 5.02 Å². The van der Waals surface area contributed by atoms with Crippen molar-refractivity contribution < 1.29 is 4.39 Å². The second kappa shape index (κ2) is 6.12. The van der Waals surface area contributed by atoms with Crippen molar-refractivity contribution in [2.45, 2.75) is 33.2 Å². The van der Waals surface area contributed by atoms with Gasteiger partial charge in [0.25, 0.3) is 0 Å². The normalized spacial score (nSPS) is 12.6. The van der Waals surface area contributed by atoms with Crippen molar-refractivity contribution in [3.63, 3.8) is 0 Å². The zero-order chi connectivity index (χ0) is 16.6. The monoisotopic (exact) mass is 333 g/mol. The number of hydrogen-bond acceptors (Lipinski definition) is 3. The van der Waals surface area contributed by atoms with Gasteiger partial charge in [0.1, 0.15) is 0 Å². The van der Waals surface area contributed by atoms with E-state index >= 15 is 0 Å². The zero-order valence-corrected chi connectivity index (χ0v) is 13.9. The Balaban J connectivity index is 2.09. The van der Waals surface area contributed by atoms with Crippen LogP contribution in [0.25, 0.3) is 11.5 Å². The second-order valence-electron chi connectivity index (χ2n) is 5.39. The Labute approximate surface area is 138 Å². The van der Waals surface area contributed by atoms with Crippen LogP contribution in [-0.4, -0.2) is 25.0 Å². The molecule has 0 spiro atoms. The molecule has 0 saturated carbocycles. The summed E-state index contributed by atoms with van der Waals surface area (Å²) in [5.41, 5.74) is 1.58. The Morgan fingerprint density at radius 2 is 2.00 bits per heavy atom. The van der Waals surface area contributed by atoms with Crippen LogP contribution >= 0.6 is 11.6 Å². The van der Waals surface area contributed by atoms with Gasteiger partial charge in [0, 0.05) is 11.4 Å². The van der Waals surface area contributed by atoms with E-state index in [1.807, 2.05) is 38.1 Å². The number of nitrogens with zero attached hydrogens (tertiary/aromatic N) is 4. The first-order valence-corrected chi connectivity index (χ1v) is 7.80. The van der Waals surface area contributed by atoms with Crippen molar-refractivity contribution in [2.75, 3.05) is 0 Å². The largest absolute Gasteiger partial charge is 0.279 e. The molecule has 5 nitrogen and oxygen atoms in total. The summed E-state index contributed by atoms with van der Waals surface area (Å²) in [4.78, 5) is 4.44. The molecule has 1 unspecified atom stereocenters. The van der Waals surface area contributed by atoms with Gasteiger partial charge in [0.05, 0.1) is 11.7 Å². The molecule has 0 fully saturated rings. The molecule has 2 aromatic heterocycles. The topological polar surface area (TPSA) is 59.4 Å². The Kier molecular flexibility index (Phi) is 4.17. The lowest BCUT2D eigenvalue weighted by atomic mass is 10.1. The fourth-order valence-corrected chi connectivity index (χ4v) is 2.52. The predicted molar refractivity (Wildman–Crippen MR) is 86.9 cm³/mol. The minimum Gasteiger partial charge on any atom is -0.279 e. The summed E-state index contributed by atoms with van der Waals surface area (Å²) in [5.74, 6) is 0.677. The van der Waals surface area contributed by atoms with Gasteiger partial charge in [-0.25, -0.2) is 14.1 Å². The van der Waals surface area contributed by atoms with Crippen molar-refractivity contribution >= 4 is 11.6 Å². The number of hydrogen-bond donors (Lipinski definition) is 1. The number of halogens is 2. The molecular formula is C16H17ClFN5. The van der Waals surface area contributed by atoms with Crippen LogP contribution in [-0.2, 0) is 6.42 Å². The summed E-state index contributed by atoms with van der Waals surface area (Å²) in [7, 11) is 0. The first-order chi connectivity index (χ1) is 11.0. The van der Waals surface area contributed by atoms with E-state index in [0.29, 0.717) is 28.8 Å². The molecule has 2 heterocycles. The average molecular weight is 334 g/mol. The maximum atomic E-state index is 14.3. The van der Waals surface area contributed by atoms with Crippen LogP contribution in [0.3, 0.4) is 0 Å². The zero-order valence-electron chi connectivity index (χ0n) is 13.1. The van der Waals surface area contributed by atoms with Gasteiger partial charge in [-0.1, -0.05) is 30.7 Å². The molecule has 1 atom stereocenters. The maximum absolute atomic E-state index is 14.3. The van der Waals surface area contributed by atoms with Crippen molar-refractivity contribution in [2.24, 2.45) is 0 Å². The summed E-state index contributed by atoms with van der Waals surface area (Å²) in [6, 6.07) is 7.38. The molecule has 0 saturated heterocycles. The van der Waals surface area contributed by atoms with Crippen LogP contribution in [0.1, 0.15) is 37.0 Å². The number of aromatic amines is 1. The summed E-state index contributed by atoms with van der Waals surface area (Å²) in [6.07, 6.45) is 0.665. The van der Waals surface area contributed by atoms with Gasteiger partial charge in [-0.15, -0.1) is 0 Å². The highest BCUT2D eigenvalue weighted by molar-refractivity contribution is 6.30. The van der Waals surface area contributed by atoms with Crippen molar-refractivity contribution in [3.05, 3.63) is 52.2 Å². The van der Waals surface area contributed by atoms with E-state index in [-0.39, 0.29) is 11.7 Å². The molecule has 0 aliphatic heterocycles. The van der Waals surface area contributed by atoms with Gasteiger partial charge in [0.2, 0.25) is 0 Å². The lowest BCUT2D eigenvalue weighted by molar-refractivity contribution is 0.558. The van der Waals surface area contributed by atoms with Crippen molar-refractivity contribution in [3.8, 4) is 11.5 Å². The minimum absolute atomic E-state index is 0.119. The first-order valence-electron chi connectivity index (χ1n) is 7.43. The number of nitrogens with one attached hydrogen (secondary N) is 1. The van der Waals surface area contributed by atoms with E-state index < -0.39 is 5.82 Å². The minimum atomic E-state index is -0.399. The smallest absolute Gasteiger partial charge is 0.182 e. The van der Waals surface area contributed by atoms with E-state index in [4.69, 9.17) is 11.6 Å². The van der Waals surface area contributed by atoms with Gasteiger partial charge in [0.15, 0.2) is 23.2 Å². The maximum Gasteiger partial charge on any atom is 0.182 e. The molecule has 3 rings (SSSR count). The van der Waals surface area contributed by atoms with Crippen LogP contribution in [0.4, 0.5) is 4.39 Å². The van der Waals surface area contributed by atoms with E-state index in [1.165, 1.54) is 0 Å². The first kappa shape index (κ1) is 15.7. The molecule has 0 radical (unpaired) electrons. The van der Waals surface area contributed by atoms with Crippen LogP contribution < -0.4 is 0 Å². The number of rotatable bonds is 4. The van der Waals surface area contributed by atoms with Gasteiger partial charge < -0.3 is 0 Å². The lowest BCUT2D eigenvalue weighted by Crippen LogP contribution is -2.11. The summed E-state index contributed by atoms with van der Waals surface area (Å²) < 4.78 is 16.0. The molecule has 120 valence electrons. The second-order valence-corrected chi connectivity index (χ2v) is 5.82. The third-order valence-electron chi connectivity index (χ3n) is 3.79. The van der Waals surface area contributed by atoms with Crippen LogP contribution in [0, 0.1) is 12.7 Å². The van der Waals surface area contributed by atoms with Crippen LogP contribution in [0.15, 0.2) is 24.3 Å². The molecular weight excluding hydrogens is 317 g/mol. The third-order valence-corrected chi connectivity index (χ3v) is 4.05. The highest BCUT2D eigenvalue weighted by Crippen LogP contribution is 2.27. The Bertz CT molecular complexity index is 822. The lowest BCUT2D eigenvalue weighted by Gasteiger charge is -2.14. The SMILES string of the molecule is CCc1nc(-c2n[nH]c(C)c2F)n(C(C)c2ccc(Cl)cc2)n1. The quantitative estimate of drug-likeness (QED) is 0.786. The van der Waals surface area contributed by atoms with Gasteiger partial charge >= 0.3 is 0 Å². The number of aromatic nitrogens is 5. The molecule has 7 heteroatoms. The molecule has 0 amide bonds. The van der Waals surface area contributed by atoms with Gasteiger partial charge in [-0.2, -0.15) is 10.2 Å². The van der Waals surface area contributed by atoms with E-state index in [2.05, 4.69) is 20.3 Å². The van der Waals surface area contributed by atoms with E-state index in [9.17, 15) is 4.39 Å². The average Bonchev–Trinajstić information content (AvgIpc) is 3.12. The predicted octanol–water partition coefficient (Wildman–Crippen LogP) is 3.94. The molecule has 1 N–H and O–H groups in total. The molecule has 3 aromatic rings. The molecule has 23 heavy (non-hydrogen) atoms. The van der Waals surface area contributed by atoms with E-state index in [1.54, 1.807) is 11.6 Å². The van der Waals surface area contributed by atoms with E-state index in [0.717, 1.165) is 5.56 Å². The Hall–Kier alpha value is -2.21. The molecule has 0 bridgehead atoms. The highest BCUT2D eigenvalue weighted by Gasteiger charge is 2.23. The molecule has 0 aliphatic carbocycles. The standard InChI is InChI=1S/C16H17ClFN5/c1-4-13-19-16(15-14(18)9(2)20-21-15)23(22-13)10(3)11-5-7-12(17)8-6-11/h5-8,10H,4H2,1-3H3,(H,20,21). The number of benzene rings is 1. The Morgan fingerprint density at radius 1 is 1.30 bits per heavy atom. The number of H-pyrrole nitrogens is 1. The summed E-state index contributed by atoms with van der Waals surface area (Å²) in [6.45, 7) is 5.58. The van der Waals surface area contributed by atoms with Crippen molar-refractivity contribution in [1.29, 1.82) is 0 Å². The fraction of sp³-hybridized carbons (Fsp3) is 0.312. The summed E-state index contributed by atoms with van der Waals surface area (Å²) in [5, 5.41) is 11.9. The molecule has 0 aliphatic rings. The summed E-state index contributed by atoms with van der Waals surface area (Å²) >= 11 is 5.94. The van der Waals surface area contributed by atoms with Crippen LogP contribution in [0.5, 0.6) is 0 Å².